The summed E-state index contributed by atoms with van der Waals surface area (Å²) in [5.41, 5.74) is 0. The molecule has 0 aliphatic carbocycles. The van der Waals surface area contributed by atoms with Gasteiger partial charge in [0.2, 0.25) is 0 Å². The molecule has 102 valence electrons. The molecule has 0 saturated carbocycles. The average Bonchev–Trinajstić information content (AvgIpc) is 2.90. The van der Waals surface area contributed by atoms with Crippen molar-refractivity contribution in [2.45, 2.75) is 39.2 Å². The summed E-state index contributed by atoms with van der Waals surface area (Å²) < 4.78 is 5.29. The highest BCUT2D eigenvalue weighted by Gasteiger charge is 2.17. The molecule has 0 aromatic carbocycles. The minimum absolute atomic E-state index is 0.847. The maximum Gasteiger partial charge on any atom is 0.117 e. The summed E-state index contributed by atoms with van der Waals surface area (Å²) in [4.78, 5) is 2.58. The maximum atomic E-state index is 5.29. The Balaban J connectivity index is 1.53. The largest absolute Gasteiger partial charge is 0.468 e. The fourth-order valence-electron chi connectivity index (χ4n) is 2.77. The Labute approximate surface area is 111 Å². The molecular formula is C15H26N2O. The van der Waals surface area contributed by atoms with Crippen molar-refractivity contribution in [3.63, 3.8) is 0 Å². The Hall–Kier alpha value is -0.800. The van der Waals surface area contributed by atoms with Crippen LogP contribution in [0, 0.1) is 5.92 Å². The molecule has 0 radical (unpaired) electrons. The van der Waals surface area contributed by atoms with Crippen molar-refractivity contribution in [1.82, 2.24) is 10.2 Å². The van der Waals surface area contributed by atoms with Gasteiger partial charge in [0.05, 0.1) is 12.8 Å². The van der Waals surface area contributed by atoms with Crippen LogP contribution < -0.4 is 5.32 Å². The summed E-state index contributed by atoms with van der Waals surface area (Å²) in [6.07, 6.45) is 7.29. The van der Waals surface area contributed by atoms with Gasteiger partial charge < -0.3 is 14.6 Å². The standard InChI is InChI=1S/C15H26N2O/c1-2-4-14-6-9-17(10-7-14)11-8-16-13-15-5-3-12-18-15/h3,5,12,14,16H,2,4,6-11,13H2,1H3. The lowest BCUT2D eigenvalue weighted by molar-refractivity contribution is 0.179. The highest BCUT2D eigenvalue weighted by molar-refractivity contribution is 4.97. The van der Waals surface area contributed by atoms with E-state index in [4.69, 9.17) is 4.42 Å². The topological polar surface area (TPSA) is 28.4 Å². The van der Waals surface area contributed by atoms with Gasteiger partial charge in [-0.2, -0.15) is 0 Å². The third-order valence-electron chi connectivity index (χ3n) is 3.89. The van der Waals surface area contributed by atoms with E-state index in [-0.39, 0.29) is 0 Å². The van der Waals surface area contributed by atoms with Crippen molar-refractivity contribution in [1.29, 1.82) is 0 Å². The van der Waals surface area contributed by atoms with Gasteiger partial charge in [0.1, 0.15) is 5.76 Å². The molecule has 2 heterocycles. The maximum absolute atomic E-state index is 5.29. The number of rotatable bonds is 7. The van der Waals surface area contributed by atoms with E-state index in [1.165, 1.54) is 45.3 Å². The van der Waals surface area contributed by atoms with Gasteiger partial charge >= 0.3 is 0 Å². The average molecular weight is 250 g/mol. The van der Waals surface area contributed by atoms with Crippen LogP contribution in [0.25, 0.3) is 0 Å². The molecule has 18 heavy (non-hydrogen) atoms. The molecule has 2 rings (SSSR count). The number of furan rings is 1. The van der Waals surface area contributed by atoms with Crippen LogP contribution in [0.15, 0.2) is 22.8 Å². The van der Waals surface area contributed by atoms with Gasteiger partial charge in [-0.15, -0.1) is 0 Å². The van der Waals surface area contributed by atoms with Gasteiger partial charge in [0.15, 0.2) is 0 Å². The summed E-state index contributed by atoms with van der Waals surface area (Å²) in [7, 11) is 0. The van der Waals surface area contributed by atoms with Crippen LogP contribution in [0.5, 0.6) is 0 Å². The molecule has 0 atom stereocenters. The van der Waals surface area contributed by atoms with Crippen LogP contribution in [0.2, 0.25) is 0 Å². The molecule has 3 nitrogen and oxygen atoms in total. The molecule has 1 aliphatic heterocycles. The van der Waals surface area contributed by atoms with Crippen LogP contribution >= 0.6 is 0 Å². The first kappa shape index (κ1) is 13.6. The lowest BCUT2D eigenvalue weighted by Crippen LogP contribution is -2.38. The highest BCUT2D eigenvalue weighted by Crippen LogP contribution is 2.21. The molecule has 0 unspecified atom stereocenters. The number of nitrogens with zero attached hydrogens (tertiary/aromatic N) is 1. The van der Waals surface area contributed by atoms with Crippen LogP contribution in [0.1, 0.15) is 38.4 Å². The minimum Gasteiger partial charge on any atom is -0.468 e. The Morgan fingerprint density at radius 2 is 2.22 bits per heavy atom. The predicted molar refractivity (Wildman–Crippen MR) is 74.5 cm³/mol. The molecule has 1 aromatic heterocycles. The highest BCUT2D eigenvalue weighted by atomic mass is 16.3. The van der Waals surface area contributed by atoms with E-state index in [0.717, 1.165) is 24.8 Å². The SMILES string of the molecule is CCCC1CCN(CCNCc2ccco2)CC1. The molecule has 1 saturated heterocycles. The van der Waals surface area contributed by atoms with E-state index in [0.29, 0.717) is 0 Å². The predicted octanol–water partition coefficient (Wildman–Crippen LogP) is 2.88. The molecule has 3 heteroatoms. The van der Waals surface area contributed by atoms with Gasteiger partial charge in [-0.1, -0.05) is 19.8 Å². The van der Waals surface area contributed by atoms with Gasteiger partial charge in [-0.25, -0.2) is 0 Å². The number of hydrogen-bond donors (Lipinski definition) is 1. The van der Waals surface area contributed by atoms with Crippen molar-refractivity contribution in [2.24, 2.45) is 5.92 Å². The van der Waals surface area contributed by atoms with E-state index in [2.05, 4.69) is 17.1 Å². The van der Waals surface area contributed by atoms with Gasteiger partial charge in [0, 0.05) is 13.1 Å². The Morgan fingerprint density at radius 1 is 1.39 bits per heavy atom. The van der Waals surface area contributed by atoms with Crippen LogP contribution in [0.4, 0.5) is 0 Å². The third-order valence-corrected chi connectivity index (χ3v) is 3.89. The summed E-state index contributed by atoms with van der Waals surface area (Å²) >= 11 is 0. The van der Waals surface area contributed by atoms with Crippen LogP contribution in [-0.2, 0) is 6.54 Å². The van der Waals surface area contributed by atoms with Crippen molar-refractivity contribution in [3.05, 3.63) is 24.2 Å². The second-order valence-electron chi connectivity index (χ2n) is 5.33. The minimum atomic E-state index is 0.847. The van der Waals surface area contributed by atoms with E-state index < -0.39 is 0 Å². The summed E-state index contributed by atoms with van der Waals surface area (Å²) in [6, 6.07) is 3.96. The summed E-state index contributed by atoms with van der Waals surface area (Å²) in [5.74, 6) is 2.01. The Kier molecular flexibility index (Phi) is 5.75. The Morgan fingerprint density at radius 3 is 2.89 bits per heavy atom. The number of nitrogens with one attached hydrogen (secondary N) is 1. The first-order chi connectivity index (χ1) is 8.88. The zero-order valence-corrected chi connectivity index (χ0v) is 11.5. The molecule has 0 amide bonds. The van der Waals surface area contributed by atoms with Crippen molar-refractivity contribution in [2.75, 3.05) is 26.2 Å². The first-order valence-electron chi connectivity index (χ1n) is 7.34. The second-order valence-corrected chi connectivity index (χ2v) is 5.33. The van der Waals surface area contributed by atoms with E-state index in [9.17, 15) is 0 Å². The molecular weight excluding hydrogens is 224 g/mol. The molecule has 1 N–H and O–H groups in total. The van der Waals surface area contributed by atoms with Gasteiger partial charge in [-0.05, 0) is 44.0 Å². The second kappa shape index (κ2) is 7.59. The third kappa shape index (κ3) is 4.46. The van der Waals surface area contributed by atoms with Crippen LogP contribution in [-0.4, -0.2) is 31.1 Å². The lowest BCUT2D eigenvalue weighted by Gasteiger charge is -2.31. The Bertz CT molecular complexity index is 302. The number of piperidine rings is 1. The summed E-state index contributed by atoms with van der Waals surface area (Å²) in [5, 5.41) is 3.44. The number of likely N-dealkylation sites (tertiary alicyclic amines) is 1. The molecule has 1 aliphatic rings. The first-order valence-corrected chi connectivity index (χ1v) is 7.34. The normalized spacial score (nSPS) is 18.3. The smallest absolute Gasteiger partial charge is 0.117 e. The monoisotopic (exact) mass is 250 g/mol. The van der Waals surface area contributed by atoms with Gasteiger partial charge in [0.25, 0.3) is 0 Å². The van der Waals surface area contributed by atoms with Crippen molar-refractivity contribution >= 4 is 0 Å². The van der Waals surface area contributed by atoms with Gasteiger partial charge in [-0.3, -0.25) is 0 Å². The van der Waals surface area contributed by atoms with E-state index >= 15 is 0 Å². The van der Waals surface area contributed by atoms with Crippen molar-refractivity contribution < 1.29 is 4.42 Å². The van der Waals surface area contributed by atoms with Crippen LogP contribution in [0.3, 0.4) is 0 Å². The van der Waals surface area contributed by atoms with E-state index in [1.807, 2.05) is 12.1 Å². The van der Waals surface area contributed by atoms with E-state index in [1.54, 1.807) is 6.26 Å². The fourth-order valence-corrected chi connectivity index (χ4v) is 2.77. The fraction of sp³-hybridized carbons (Fsp3) is 0.733. The summed E-state index contributed by atoms with van der Waals surface area (Å²) in [6.45, 7) is 7.93. The molecule has 1 fully saturated rings. The quantitative estimate of drug-likeness (QED) is 0.754. The lowest BCUT2D eigenvalue weighted by atomic mass is 9.92. The van der Waals surface area contributed by atoms with Crippen molar-refractivity contribution in [3.8, 4) is 0 Å². The molecule has 0 bridgehead atoms. The zero-order chi connectivity index (χ0) is 12.6. The zero-order valence-electron chi connectivity index (χ0n) is 11.5. The number of hydrogen-bond acceptors (Lipinski definition) is 3. The molecule has 1 aromatic rings. The molecule has 0 spiro atoms.